The summed E-state index contributed by atoms with van der Waals surface area (Å²) in [4.78, 5) is 20.8. The van der Waals surface area contributed by atoms with E-state index in [4.69, 9.17) is 0 Å². The van der Waals surface area contributed by atoms with Gasteiger partial charge in [0.25, 0.3) is 5.91 Å². The van der Waals surface area contributed by atoms with E-state index >= 15 is 0 Å². The largest absolute Gasteiger partial charge is 0.361 e. The molecule has 0 atom stereocenters. The van der Waals surface area contributed by atoms with Gasteiger partial charge in [-0.3, -0.25) is 4.79 Å². The van der Waals surface area contributed by atoms with Crippen molar-refractivity contribution >= 4 is 22.5 Å². The molecule has 1 amide bonds. The maximum Gasteiger partial charge on any atom is 0.254 e. The molecule has 2 aromatic carbocycles. The van der Waals surface area contributed by atoms with Crippen LogP contribution in [-0.4, -0.2) is 32.0 Å². The van der Waals surface area contributed by atoms with E-state index < -0.39 is 0 Å². The maximum atomic E-state index is 12.9. The topological polar surface area (TPSA) is 75.1 Å². The summed E-state index contributed by atoms with van der Waals surface area (Å²) in [6.07, 6.45) is 4.42. The first-order valence-electron chi connectivity index (χ1n) is 10.8. The number of nitrogens with one attached hydrogen (secondary N) is 2. The van der Waals surface area contributed by atoms with Crippen LogP contribution in [0, 0.1) is 20.8 Å². The predicted octanol–water partition coefficient (Wildman–Crippen LogP) is 4.78. The van der Waals surface area contributed by atoms with Crippen molar-refractivity contribution < 1.29 is 4.79 Å². The lowest BCUT2D eigenvalue weighted by Crippen LogP contribution is -2.27. The van der Waals surface area contributed by atoms with Crippen LogP contribution in [0.5, 0.6) is 0 Å². The van der Waals surface area contributed by atoms with Crippen molar-refractivity contribution in [2.45, 2.75) is 27.2 Å². The van der Waals surface area contributed by atoms with Crippen LogP contribution in [0.4, 0.5) is 0 Å². The van der Waals surface area contributed by atoms with Gasteiger partial charge in [0.15, 0.2) is 5.65 Å². The van der Waals surface area contributed by atoms with Gasteiger partial charge in [0.1, 0.15) is 0 Å². The highest BCUT2D eigenvalue weighted by Gasteiger charge is 2.18. The van der Waals surface area contributed by atoms with Crippen LogP contribution in [0.3, 0.4) is 0 Å². The minimum atomic E-state index is -0.137. The average molecular weight is 424 g/mol. The van der Waals surface area contributed by atoms with E-state index in [9.17, 15) is 4.79 Å². The Morgan fingerprint density at radius 2 is 1.94 bits per heavy atom. The molecule has 3 aromatic heterocycles. The third kappa shape index (κ3) is 3.43. The number of aromatic amines is 1. The number of nitrogens with zero attached hydrogens (tertiary/aromatic N) is 3. The van der Waals surface area contributed by atoms with Gasteiger partial charge >= 0.3 is 0 Å². The molecule has 5 rings (SSSR count). The van der Waals surface area contributed by atoms with Gasteiger partial charge in [-0.25, -0.2) is 9.50 Å². The highest BCUT2D eigenvalue weighted by atomic mass is 16.1. The van der Waals surface area contributed by atoms with E-state index in [-0.39, 0.29) is 5.91 Å². The molecule has 0 aliphatic rings. The third-order valence-corrected chi connectivity index (χ3v) is 5.97. The minimum absolute atomic E-state index is 0.137. The van der Waals surface area contributed by atoms with Gasteiger partial charge in [-0.2, -0.15) is 5.10 Å². The van der Waals surface area contributed by atoms with Crippen LogP contribution in [0.15, 0.2) is 60.9 Å². The van der Waals surface area contributed by atoms with Crippen molar-refractivity contribution in [3.05, 3.63) is 89.0 Å². The van der Waals surface area contributed by atoms with Gasteiger partial charge in [-0.15, -0.1) is 0 Å². The fourth-order valence-electron chi connectivity index (χ4n) is 4.31. The van der Waals surface area contributed by atoms with Gasteiger partial charge in [-0.1, -0.05) is 48.0 Å². The lowest BCUT2D eigenvalue weighted by molar-refractivity contribution is 0.0952. The summed E-state index contributed by atoms with van der Waals surface area (Å²) < 4.78 is 1.78. The van der Waals surface area contributed by atoms with E-state index in [2.05, 4.69) is 57.6 Å². The fourth-order valence-corrected chi connectivity index (χ4v) is 4.31. The van der Waals surface area contributed by atoms with Crippen molar-refractivity contribution in [3.8, 4) is 11.1 Å². The monoisotopic (exact) mass is 423 g/mol. The number of para-hydroxylation sites is 1. The molecule has 6 heteroatoms. The van der Waals surface area contributed by atoms with Crippen molar-refractivity contribution in [3.63, 3.8) is 0 Å². The average Bonchev–Trinajstić information content (AvgIpc) is 3.35. The van der Waals surface area contributed by atoms with Crippen LogP contribution < -0.4 is 5.32 Å². The Morgan fingerprint density at radius 3 is 2.78 bits per heavy atom. The molecule has 0 aliphatic heterocycles. The maximum absolute atomic E-state index is 12.9. The summed E-state index contributed by atoms with van der Waals surface area (Å²) in [7, 11) is 0. The van der Waals surface area contributed by atoms with Crippen LogP contribution in [0.25, 0.3) is 27.7 Å². The second-order valence-corrected chi connectivity index (χ2v) is 8.19. The second kappa shape index (κ2) is 7.96. The Bertz CT molecular complexity index is 1460. The molecular formula is C26H25N5O. The number of hydrogen-bond acceptors (Lipinski definition) is 3. The normalized spacial score (nSPS) is 11.3. The summed E-state index contributed by atoms with van der Waals surface area (Å²) in [6, 6.07) is 16.5. The van der Waals surface area contributed by atoms with E-state index in [0.29, 0.717) is 12.1 Å². The fraction of sp³-hybridized carbons (Fsp3) is 0.192. The summed E-state index contributed by atoms with van der Waals surface area (Å²) >= 11 is 0. The Labute approximate surface area is 186 Å². The van der Waals surface area contributed by atoms with Crippen LogP contribution in [-0.2, 0) is 6.42 Å². The van der Waals surface area contributed by atoms with Crippen molar-refractivity contribution in [2.75, 3.05) is 6.54 Å². The number of carbonyl (C=O) groups excluding carboxylic acids is 1. The second-order valence-electron chi connectivity index (χ2n) is 8.19. The Balaban J connectivity index is 1.38. The highest BCUT2D eigenvalue weighted by molar-refractivity contribution is 5.95. The lowest BCUT2D eigenvalue weighted by Gasteiger charge is -2.09. The number of benzene rings is 2. The Kier molecular flexibility index (Phi) is 4.98. The first-order valence-corrected chi connectivity index (χ1v) is 10.8. The first kappa shape index (κ1) is 20.0. The summed E-state index contributed by atoms with van der Waals surface area (Å²) in [5.74, 6) is -0.137. The number of aryl methyl sites for hydroxylation is 3. The van der Waals surface area contributed by atoms with E-state index in [1.807, 2.05) is 38.2 Å². The molecule has 160 valence electrons. The molecule has 6 nitrogen and oxygen atoms in total. The molecular weight excluding hydrogens is 398 g/mol. The smallest absolute Gasteiger partial charge is 0.254 e. The lowest BCUT2D eigenvalue weighted by atomic mass is 10.0. The molecule has 0 aliphatic carbocycles. The zero-order valence-electron chi connectivity index (χ0n) is 18.4. The molecule has 0 spiro atoms. The molecule has 32 heavy (non-hydrogen) atoms. The van der Waals surface area contributed by atoms with Gasteiger partial charge < -0.3 is 10.3 Å². The molecule has 0 saturated carbocycles. The van der Waals surface area contributed by atoms with Crippen molar-refractivity contribution in [2.24, 2.45) is 0 Å². The van der Waals surface area contributed by atoms with Crippen LogP contribution in [0.2, 0.25) is 0 Å². The predicted molar refractivity (Wildman–Crippen MR) is 127 cm³/mol. The number of carbonyl (C=O) groups is 1. The van der Waals surface area contributed by atoms with Crippen molar-refractivity contribution in [1.82, 2.24) is 24.9 Å². The Morgan fingerprint density at radius 1 is 1.09 bits per heavy atom. The quantitative estimate of drug-likeness (QED) is 0.427. The standard InChI is InChI=1S/C26H25N5O/c1-16-7-6-8-19(13-16)24-17(2)30-31-18(3)22(15-29-25(24)31)26(32)27-12-11-20-14-28-23-10-5-4-9-21(20)23/h4-10,13-15,28H,11-12H2,1-3H3,(H,27,32). The van der Waals surface area contributed by atoms with E-state index in [0.717, 1.165) is 40.1 Å². The molecule has 0 saturated heterocycles. The SMILES string of the molecule is Cc1cccc(-c2c(C)nn3c(C)c(C(=O)NCCc4c[nH]c5ccccc45)cnc23)c1. The number of rotatable bonds is 5. The van der Waals surface area contributed by atoms with Gasteiger partial charge in [0, 0.05) is 35.4 Å². The number of amides is 1. The number of H-pyrrole nitrogens is 1. The first-order chi connectivity index (χ1) is 15.5. The van der Waals surface area contributed by atoms with E-state index in [1.165, 1.54) is 16.5 Å². The molecule has 0 fully saturated rings. The molecule has 2 N–H and O–H groups in total. The Hall–Kier alpha value is -3.93. The molecule has 0 radical (unpaired) electrons. The van der Waals surface area contributed by atoms with Crippen LogP contribution in [0.1, 0.15) is 32.9 Å². The molecule has 3 heterocycles. The van der Waals surface area contributed by atoms with E-state index in [1.54, 1.807) is 10.7 Å². The molecule has 0 bridgehead atoms. The number of aromatic nitrogens is 4. The highest BCUT2D eigenvalue weighted by Crippen LogP contribution is 2.28. The summed E-state index contributed by atoms with van der Waals surface area (Å²) in [6.45, 7) is 6.51. The third-order valence-electron chi connectivity index (χ3n) is 5.97. The van der Waals surface area contributed by atoms with Crippen LogP contribution >= 0.6 is 0 Å². The zero-order chi connectivity index (χ0) is 22.2. The van der Waals surface area contributed by atoms with Gasteiger partial charge in [-0.05, 0) is 44.4 Å². The number of fused-ring (bicyclic) bond motifs is 2. The number of hydrogen-bond donors (Lipinski definition) is 2. The van der Waals surface area contributed by atoms with Crippen molar-refractivity contribution in [1.29, 1.82) is 0 Å². The molecule has 5 aromatic rings. The summed E-state index contributed by atoms with van der Waals surface area (Å²) in [5.41, 5.74) is 8.54. The van der Waals surface area contributed by atoms with Gasteiger partial charge in [0.2, 0.25) is 0 Å². The minimum Gasteiger partial charge on any atom is -0.361 e. The van der Waals surface area contributed by atoms with Gasteiger partial charge in [0.05, 0.1) is 17.0 Å². The summed E-state index contributed by atoms with van der Waals surface area (Å²) in [5, 5.41) is 8.91. The molecule has 0 unspecified atom stereocenters. The zero-order valence-corrected chi connectivity index (χ0v) is 18.4.